The average molecular weight is 300 g/mol. The van der Waals surface area contributed by atoms with Crippen molar-refractivity contribution in [1.82, 2.24) is 0 Å². The number of hydrogen-bond donors (Lipinski definition) is 0. The van der Waals surface area contributed by atoms with E-state index in [1.54, 1.807) is 0 Å². The van der Waals surface area contributed by atoms with Gasteiger partial charge in [0.2, 0.25) is 0 Å². The molecule has 1 nitrogen and oxygen atoms in total. The lowest BCUT2D eigenvalue weighted by Crippen LogP contribution is -2.56. The predicted octanol–water partition coefficient (Wildman–Crippen LogP) is 3.69. The molecule has 0 saturated heterocycles. The molecule has 0 fully saturated rings. The Balaban J connectivity index is 4.97. The Morgan fingerprint density at radius 3 is 1.44 bits per heavy atom. The Morgan fingerprint density at radius 1 is 0.778 bits per heavy atom. The van der Waals surface area contributed by atoms with Gasteiger partial charge in [-0.15, -0.1) is 13.2 Å². The molecule has 0 aliphatic rings. The van der Waals surface area contributed by atoms with Gasteiger partial charge in [0.25, 0.3) is 6.17 Å². The van der Waals surface area contributed by atoms with E-state index in [9.17, 15) is 48.3 Å². The van der Waals surface area contributed by atoms with Crippen LogP contribution in [0.5, 0.6) is 0 Å². The first-order valence-electron chi connectivity index (χ1n) is 3.78. The molecule has 12 heteroatoms. The first-order valence-corrected chi connectivity index (χ1v) is 3.78. The van der Waals surface area contributed by atoms with Crippen LogP contribution in [0.25, 0.3) is 0 Å². The van der Waals surface area contributed by atoms with Gasteiger partial charge in [-0.2, -0.15) is 30.7 Å². The molecule has 0 heterocycles. The normalized spacial score (nSPS) is 16.8. The first-order chi connectivity index (χ1) is 7.61. The van der Waals surface area contributed by atoms with Crippen molar-refractivity contribution in [2.75, 3.05) is 6.61 Å². The highest BCUT2D eigenvalue weighted by Crippen LogP contribution is 2.45. The van der Waals surface area contributed by atoms with E-state index in [0.717, 1.165) is 0 Å². The van der Waals surface area contributed by atoms with Crippen LogP contribution in [0.1, 0.15) is 0 Å². The fraction of sp³-hybridized carbons (Fsp3) is 1.00. The highest BCUT2D eigenvalue weighted by molar-refractivity contribution is 4.94. The van der Waals surface area contributed by atoms with Crippen molar-refractivity contribution in [2.24, 2.45) is 0 Å². The Hall–Kier alpha value is -0.810. The lowest BCUT2D eigenvalue weighted by atomic mass is 10.1. The smallest absolute Gasteiger partial charge is 0.285 e. The third-order valence-electron chi connectivity index (χ3n) is 1.51. The predicted molar refractivity (Wildman–Crippen MR) is 32.9 cm³/mol. The van der Waals surface area contributed by atoms with Crippen molar-refractivity contribution in [3.05, 3.63) is 0 Å². The zero-order chi connectivity index (χ0) is 15.0. The van der Waals surface area contributed by atoms with Gasteiger partial charge in [0.05, 0.1) is 0 Å². The highest BCUT2D eigenvalue weighted by Gasteiger charge is 2.70. The van der Waals surface area contributed by atoms with Gasteiger partial charge in [-0.05, 0) is 0 Å². The van der Waals surface area contributed by atoms with E-state index in [-0.39, 0.29) is 0 Å². The molecule has 0 spiro atoms. The van der Waals surface area contributed by atoms with Gasteiger partial charge in [0, 0.05) is 0 Å². The quantitative estimate of drug-likeness (QED) is 0.719. The van der Waals surface area contributed by atoms with Gasteiger partial charge < -0.3 is 0 Å². The molecule has 110 valence electrons. The van der Waals surface area contributed by atoms with E-state index in [0.29, 0.717) is 0 Å². The molecule has 0 aromatic carbocycles. The van der Waals surface area contributed by atoms with E-state index >= 15 is 0 Å². The Labute approximate surface area is 91.5 Å². The topological polar surface area (TPSA) is 9.23 Å². The molecule has 0 radical (unpaired) electrons. The monoisotopic (exact) mass is 300 g/mol. The van der Waals surface area contributed by atoms with Crippen molar-refractivity contribution < 1.29 is 53.0 Å². The van der Waals surface area contributed by atoms with E-state index in [2.05, 4.69) is 4.74 Å². The molecule has 0 N–H and O–H groups in total. The van der Waals surface area contributed by atoms with E-state index < -0.39 is 37.2 Å². The second-order valence-electron chi connectivity index (χ2n) is 2.97. The fourth-order valence-corrected chi connectivity index (χ4v) is 0.660. The first kappa shape index (κ1) is 17.2. The number of alkyl halides is 11. The Morgan fingerprint density at radius 2 is 1.17 bits per heavy atom. The molecule has 1 unspecified atom stereocenters. The average Bonchev–Trinajstić information content (AvgIpc) is 2.11. The molecule has 0 rings (SSSR count). The molecule has 18 heavy (non-hydrogen) atoms. The molecule has 1 atom stereocenters. The van der Waals surface area contributed by atoms with Crippen molar-refractivity contribution in [3.63, 3.8) is 0 Å². The van der Waals surface area contributed by atoms with Crippen LogP contribution in [0.15, 0.2) is 0 Å². The van der Waals surface area contributed by atoms with Crippen molar-refractivity contribution in [1.29, 1.82) is 0 Å². The van der Waals surface area contributed by atoms with Crippen LogP contribution in [-0.2, 0) is 4.74 Å². The fourth-order valence-electron chi connectivity index (χ4n) is 0.660. The van der Waals surface area contributed by atoms with Gasteiger partial charge in [-0.1, -0.05) is 0 Å². The summed E-state index contributed by atoms with van der Waals surface area (Å²) in [4.78, 5) is 0. The molecule has 0 bridgehead atoms. The molecular formula is C6H3F11O. The second kappa shape index (κ2) is 4.70. The van der Waals surface area contributed by atoms with Crippen LogP contribution < -0.4 is 0 Å². The maximum absolute atomic E-state index is 12.4. The summed E-state index contributed by atoms with van der Waals surface area (Å²) >= 11 is 0. The third-order valence-corrected chi connectivity index (χ3v) is 1.51. The van der Waals surface area contributed by atoms with Gasteiger partial charge in [-0.3, -0.25) is 4.74 Å². The minimum absolute atomic E-state index is 2.28. The maximum atomic E-state index is 12.4. The SMILES string of the molecule is FC(C(F)(F)F)C(F)(F)C(F)(F)COC(F)(F)F. The molecule has 0 saturated carbocycles. The van der Waals surface area contributed by atoms with Crippen LogP contribution in [0, 0.1) is 0 Å². The number of hydrogen-bond acceptors (Lipinski definition) is 1. The largest absolute Gasteiger partial charge is 0.522 e. The lowest BCUT2D eigenvalue weighted by molar-refractivity contribution is -0.369. The van der Waals surface area contributed by atoms with E-state index in [1.807, 2.05) is 0 Å². The third kappa shape index (κ3) is 4.14. The summed E-state index contributed by atoms with van der Waals surface area (Å²) in [6.07, 6.45) is -17.5. The number of halogens is 11. The van der Waals surface area contributed by atoms with Crippen molar-refractivity contribution >= 4 is 0 Å². The van der Waals surface area contributed by atoms with Gasteiger partial charge in [-0.25, -0.2) is 4.39 Å². The van der Waals surface area contributed by atoms with Crippen LogP contribution in [0.2, 0.25) is 0 Å². The maximum Gasteiger partial charge on any atom is 0.522 e. The molecule has 0 amide bonds. The number of ether oxygens (including phenoxy) is 1. The van der Waals surface area contributed by atoms with E-state index in [4.69, 9.17) is 0 Å². The number of rotatable bonds is 4. The molecule has 0 aromatic rings. The van der Waals surface area contributed by atoms with Gasteiger partial charge in [0.15, 0.2) is 0 Å². The van der Waals surface area contributed by atoms with Crippen LogP contribution in [0.4, 0.5) is 48.3 Å². The van der Waals surface area contributed by atoms with Crippen molar-refractivity contribution in [2.45, 2.75) is 30.6 Å². The summed E-state index contributed by atoms with van der Waals surface area (Å²) in [7, 11) is 0. The van der Waals surface area contributed by atoms with Crippen LogP contribution in [0.3, 0.4) is 0 Å². The molecule has 0 aliphatic heterocycles. The zero-order valence-corrected chi connectivity index (χ0v) is 7.85. The summed E-state index contributed by atoms with van der Waals surface area (Å²) in [5, 5.41) is 0. The lowest BCUT2D eigenvalue weighted by Gasteiger charge is -2.29. The summed E-state index contributed by atoms with van der Waals surface area (Å²) in [5.41, 5.74) is 0. The van der Waals surface area contributed by atoms with Gasteiger partial charge in [0.1, 0.15) is 6.61 Å². The highest BCUT2D eigenvalue weighted by atomic mass is 19.4. The summed E-state index contributed by atoms with van der Waals surface area (Å²) in [5.74, 6) is -12.4. The second-order valence-corrected chi connectivity index (χ2v) is 2.97. The summed E-state index contributed by atoms with van der Waals surface area (Å²) in [6.45, 7) is -3.14. The van der Waals surface area contributed by atoms with Gasteiger partial charge >= 0.3 is 24.4 Å². The molecule has 0 aromatic heterocycles. The van der Waals surface area contributed by atoms with Crippen molar-refractivity contribution in [3.8, 4) is 0 Å². The van der Waals surface area contributed by atoms with Crippen LogP contribution >= 0.6 is 0 Å². The van der Waals surface area contributed by atoms with Crippen LogP contribution in [-0.4, -0.2) is 37.2 Å². The standard InChI is InChI=1S/C6H3F11O/c7-2(5(12,13)14)4(10,11)3(8,9)1-18-6(15,16)17/h2H,1H2. The zero-order valence-electron chi connectivity index (χ0n) is 7.85. The molecule has 0 aliphatic carbocycles. The van der Waals surface area contributed by atoms with E-state index in [1.165, 1.54) is 0 Å². The molecular weight excluding hydrogens is 297 g/mol. The summed E-state index contributed by atoms with van der Waals surface area (Å²) < 4.78 is 132. The minimum Gasteiger partial charge on any atom is -0.285 e. The Bertz CT molecular complexity index is 276. The Kier molecular flexibility index (Phi) is 4.49. The minimum atomic E-state index is -6.39. The summed E-state index contributed by atoms with van der Waals surface area (Å²) in [6, 6.07) is 0.